The molecule has 8 heteroatoms. The highest BCUT2D eigenvalue weighted by atomic mass is 32.2. The summed E-state index contributed by atoms with van der Waals surface area (Å²) in [6.07, 6.45) is 4.84. The van der Waals surface area contributed by atoms with Gasteiger partial charge in [0, 0.05) is 6.20 Å². The SMILES string of the molecule is CSC(=NS(=O)(=O)c1ccccc1)N/N=C\c1ccccn1. The van der Waals surface area contributed by atoms with Crippen LogP contribution in [-0.4, -0.2) is 31.0 Å². The molecule has 114 valence electrons. The van der Waals surface area contributed by atoms with Gasteiger partial charge in [-0.05, 0) is 30.5 Å². The molecule has 22 heavy (non-hydrogen) atoms. The first kappa shape index (κ1) is 16.2. The van der Waals surface area contributed by atoms with Crippen LogP contribution in [0.1, 0.15) is 5.69 Å². The first-order valence-corrected chi connectivity index (χ1v) is 8.92. The summed E-state index contributed by atoms with van der Waals surface area (Å²) in [6.45, 7) is 0. The molecule has 1 aromatic carbocycles. The average Bonchev–Trinajstić information content (AvgIpc) is 2.55. The number of benzene rings is 1. The Labute approximate surface area is 133 Å². The zero-order valence-corrected chi connectivity index (χ0v) is 13.4. The number of nitrogens with zero attached hydrogens (tertiary/aromatic N) is 3. The smallest absolute Gasteiger partial charge is 0.255 e. The lowest BCUT2D eigenvalue weighted by atomic mass is 10.4. The number of hydrogen-bond acceptors (Lipinski definition) is 5. The number of amidine groups is 1. The molecule has 0 spiro atoms. The molecule has 0 bridgehead atoms. The Morgan fingerprint density at radius 1 is 1.18 bits per heavy atom. The maximum absolute atomic E-state index is 12.1. The third kappa shape index (κ3) is 4.68. The van der Waals surface area contributed by atoms with E-state index in [4.69, 9.17) is 0 Å². The molecule has 0 aliphatic rings. The van der Waals surface area contributed by atoms with Crippen molar-refractivity contribution in [2.45, 2.75) is 4.90 Å². The minimum absolute atomic E-state index is 0.136. The first-order chi connectivity index (χ1) is 10.6. The normalized spacial score (nSPS) is 12.5. The van der Waals surface area contributed by atoms with Crippen LogP contribution in [-0.2, 0) is 10.0 Å². The van der Waals surface area contributed by atoms with Crippen molar-refractivity contribution in [1.29, 1.82) is 0 Å². The predicted octanol–water partition coefficient (Wildman–Crippen LogP) is 2.11. The van der Waals surface area contributed by atoms with Gasteiger partial charge in [-0.3, -0.25) is 10.4 Å². The quantitative estimate of drug-likeness (QED) is 0.526. The Morgan fingerprint density at radius 2 is 1.91 bits per heavy atom. The molecule has 0 atom stereocenters. The average molecular weight is 334 g/mol. The van der Waals surface area contributed by atoms with Crippen LogP contribution in [0.4, 0.5) is 0 Å². The third-order valence-electron chi connectivity index (χ3n) is 2.48. The number of hydrogen-bond donors (Lipinski definition) is 1. The van der Waals surface area contributed by atoms with Gasteiger partial charge >= 0.3 is 0 Å². The second kappa shape index (κ2) is 7.71. The summed E-state index contributed by atoms with van der Waals surface area (Å²) >= 11 is 1.15. The van der Waals surface area contributed by atoms with Crippen LogP contribution >= 0.6 is 11.8 Å². The van der Waals surface area contributed by atoms with Gasteiger partial charge in [-0.2, -0.15) is 13.5 Å². The highest BCUT2D eigenvalue weighted by Gasteiger charge is 2.13. The van der Waals surface area contributed by atoms with Gasteiger partial charge in [-0.25, -0.2) is 0 Å². The van der Waals surface area contributed by atoms with E-state index >= 15 is 0 Å². The summed E-state index contributed by atoms with van der Waals surface area (Å²) in [4.78, 5) is 4.21. The van der Waals surface area contributed by atoms with Gasteiger partial charge < -0.3 is 0 Å². The summed E-state index contributed by atoms with van der Waals surface area (Å²) in [5.41, 5.74) is 3.26. The van der Waals surface area contributed by atoms with Crippen molar-refractivity contribution in [3.63, 3.8) is 0 Å². The monoisotopic (exact) mass is 334 g/mol. The first-order valence-electron chi connectivity index (χ1n) is 6.26. The maximum atomic E-state index is 12.1. The molecular formula is C14H14N4O2S2. The molecule has 2 rings (SSSR count). The van der Waals surface area contributed by atoms with Gasteiger partial charge in [0.15, 0.2) is 5.17 Å². The number of hydrazone groups is 1. The predicted molar refractivity (Wildman–Crippen MR) is 89.5 cm³/mol. The van der Waals surface area contributed by atoms with Gasteiger partial charge in [0.25, 0.3) is 10.0 Å². The molecule has 0 radical (unpaired) electrons. The number of sulfonamides is 1. The zero-order chi connectivity index (χ0) is 15.8. The van der Waals surface area contributed by atoms with Gasteiger partial charge in [0.2, 0.25) is 0 Å². The van der Waals surface area contributed by atoms with Crippen LogP contribution in [0.25, 0.3) is 0 Å². The van der Waals surface area contributed by atoms with E-state index < -0.39 is 10.0 Å². The minimum Gasteiger partial charge on any atom is -0.255 e. The molecule has 2 aromatic rings. The summed E-state index contributed by atoms with van der Waals surface area (Å²) in [5, 5.41) is 4.11. The fourth-order valence-electron chi connectivity index (χ4n) is 1.46. The second-order valence-electron chi connectivity index (χ2n) is 4.01. The van der Waals surface area contributed by atoms with E-state index in [0.717, 1.165) is 11.8 Å². The number of thioether (sulfide) groups is 1. The van der Waals surface area contributed by atoms with E-state index in [0.29, 0.717) is 5.69 Å². The van der Waals surface area contributed by atoms with Crippen molar-refractivity contribution in [3.8, 4) is 0 Å². The molecule has 6 nitrogen and oxygen atoms in total. The summed E-state index contributed by atoms with van der Waals surface area (Å²) < 4.78 is 28.0. The van der Waals surface area contributed by atoms with Crippen LogP contribution in [0.3, 0.4) is 0 Å². The number of nitrogens with one attached hydrogen (secondary N) is 1. The Kier molecular flexibility index (Phi) is 5.68. The number of pyridine rings is 1. The molecule has 1 N–H and O–H groups in total. The van der Waals surface area contributed by atoms with Crippen molar-refractivity contribution in [3.05, 3.63) is 60.4 Å². The van der Waals surface area contributed by atoms with E-state index in [2.05, 4.69) is 19.9 Å². The Balaban J connectivity index is 2.13. The third-order valence-corrected chi connectivity index (χ3v) is 4.46. The van der Waals surface area contributed by atoms with Crippen molar-refractivity contribution < 1.29 is 8.42 Å². The minimum atomic E-state index is -3.75. The zero-order valence-electron chi connectivity index (χ0n) is 11.7. The van der Waals surface area contributed by atoms with Gasteiger partial charge in [-0.1, -0.05) is 36.0 Å². The molecule has 0 saturated heterocycles. The van der Waals surface area contributed by atoms with E-state index in [1.54, 1.807) is 42.8 Å². The van der Waals surface area contributed by atoms with Crippen LogP contribution in [0, 0.1) is 0 Å². The molecule has 1 aromatic heterocycles. The molecule has 0 fully saturated rings. The van der Waals surface area contributed by atoms with Crippen LogP contribution < -0.4 is 5.43 Å². The van der Waals surface area contributed by atoms with E-state index in [9.17, 15) is 8.42 Å². The standard InChI is InChI=1S/C14H14N4O2S2/c1-21-14(17-16-11-12-7-5-6-10-15-12)18-22(19,20)13-8-3-2-4-9-13/h2-11H,1H3,(H,17,18)/b16-11-. The van der Waals surface area contributed by atoms with Gasteiger partial charge in [-0.15, -0.1) is 4.40 Å². The van der Waals surface area contributed by atoms with Crippen molar-refractivity contribution >= 4 is 33.2 Å². The lowest BCUT2D eigenvalue weighted by Gasteiger charge is -2.03. The van der Waals surface area contributed by atoms with E-state index in [1.807, 2.05) is 6.07 Å². The number of aromatic nitrogens is 1. The van der Waals surface area contributed by atoms with Crippen LogP contribution in [0.15, 0.2) is 69.1 Å². The molecule has 0 unspecified atom stereocenters. The molecule has 0 aliphatic carbocycles. The van der Waals surface area contributed by atoms with E-state index in [1.165, 1.54) is 18.3 Å². The van der Waals surface area contributed by atoms with Crippen molar-refractivity contribution in [2.75, 3.05) is 6.26 Å². The topological polar surface area (TPSA) is 83.8 Å². The van der Waals surface area contributed by atoms with Gasteiger partial charge in [0.05, 0.1) is 16.8 Å². The molecule has 0 amide bonds. The highest BCUT2D eigenvalue weighted by Crippen LogP contribution is 2.12. The molecule has 1 heterocycles. The molecular weight excluding hydrogens is 320 g/mol. The highest BCUT2D eigenvalue weighted by molar-refractivity contribution is 8.13. The lowest BCUT2D eigenvalue weighted by Crippen LogP contribution is -2.16. The molecule has 0 aliphatic heterocycles. The van der Waals surface area contributed by atoms with Crippen molar-refractivity contribution in [2.24, 2.45) is 9.50 Å². The van der Waals surface area contributed by atoms with Gasteiger partial charge in [0.1, 0.15) is 0 Å². The summed E-state index contributed by atoms with van der Waals surface area (Å²) in [6, 6.07) is 13.4. The lowest BCUT2D eigenvalue weighted by molar-refractivity contribution is 0.598. The Hall–Kier alpha value is -2.19. The maximum Gasteiger partial charge on any atom is 0.284 e. The largest absolute Gasteiger partial charge is 0.284 e. The van der Waals surface area contributed by atoms with Crippen molar-refractivity contribution in [1.82, 2.24) is 10.4 Å². The fourth-order valence-corrected chi connectivity index (χ4v) is 3.07. The molecule has 0 saturated carbocycles. The Bertz CT molecular complexity index is 760. The Morgan fingerprint density at radius 3 is 2.55 bits per heavy atom. The van der Waals surface area contributed by atoms with E-state index in [-0.39, 0.29) is 10.1 Å². The van der Waals surface area contributed by atoms with Crippen LogP contribution in [0.2, 0.25) is 0 Å². The van der Waals surface area contributed by atoms with Crippen LogP contribution in [0.5, 0.6) is 0 Å². The fraction of sp³-hybridized carbons (Fsp3) is 0.0714. The second-order valence-corrected chi connectivity index (χ2v) is 6.41. The summed E-state index contributed by atoms with van der Waals surface area (Å²) in [7, 11) is -3.75. The summed E-state index contributed by atoms with van der Waals surface area (Å²) in [5.74, 6) is 0. The number of rotatable bonds is 4.